The quantitative estimate of drug-likeness (QED) is 0.701. The SMILES string of the molecule is O=C(Nc1ccc(Nc2ccc3c(c2)OCO3)cc1)c1ccc(F)c(F)c1. The number of benzene rings is 3. The molecule has 1 aliphatic rings. The molecule has 4 rings (SSSR count). The summed E-state index contributed by atoms with van der Waals surface area (Å²) in [6, 6.07) is 15.5. The zero-order valence-corrected chi connectivity index (χ0v) is 14.0. The molecular formula is C20H14F2N2O3. The summed E-state index contributed by atoms with van der Waals surface area (Å²) in [4.78, 5) is 12.1. The molecule has 0 aliphatic carbocycles. The molecule has 136 valence electrons. The number of amides is 1. The lowest BCUT2D eigenvalue weighted by atomic mass is 10.2. The molecule has 0 saturated carbocycles. The van der Waals surface area contributed by atoms with Crippen molar-refractivity contribution in [3.8, 4) is 11.5 Å². The molecule has 0 spiro atoms. The first kappa shape index (κ1) is 16.8. The van der Waals surface area contributed by atoms with Gasteiger partial charge in [0.1, 0.15) is 0 Å². The topological polar surface area (TPSA) is 59.6 Å². The minimum atomic E-state index is -1.06. The minimum Gasteiger partial charge on any atom is -0.454 e. The van der Waals surface area contributed by atoms with Gasteiger partial charge in [-0.1, -0.05) is 0 Å². The van der Waals surface area contributed by atoms with Crippen LogP contribution in [0.2, 0.25) is 0 Å². The Kier molecular flexibility index (Phi) is 4.33. The summed E-state index contributed by atoms with van der Waals surface area (Å²) < 4.78 is 36.8. The van der Waals surface area contributed by atoms with Gasteiger partial charge in [-0.3, -0.25) is 4.79 Å². The third kappa shape index (κ3) is 3.67. The number of rotatable bonds is 4. The number of ether oxygens (including phenoxy) is 2. The summed E-state index contributed by atoms with van der Waals surface area (Å²) in [6.45, 7) is 0.213. The molecule has 7 heteroatoms. The molecule has 5 nitrogen and oxygen atoms in total. The summed E-state index contributed by atoms with van der Waals surface area (Å²) in [7, 11) is 0. The summed E-state index contributed by atoms with van der Waals surface area (Å²) in [5.41, 5.74) is 2.20. The second kappa shape index (κ2) is 6.95. The number of hydrogen-bond donors (Lipinski definition) is 2. The van der Waals surface area contributed by atoms with E-state index in [0.717, 1.165) is 23.5 Å². The molecule has 0 bridgehead atoms. The van der Waals surface area contributed by atoms with Crippen LogP contribution in [0.1, 0.15) is 10.4 Å². The Morgan fingerprint density at radius 3 is 2.26 bits per heavy atom. The van der Waals surface area contributed by atoms with E-state index in [4.69, 9.17) is 9.47 Å². The van der Waals surface area contributed by atoms with Gasteiger partial charge in [-0.2, -0.15) is 0 Å². The Morgan fingerprint density at radius 2 is 1.48 bits per heavy atom. The Labute approximate surface area is 153 Å². The summed E-state index contributed by atoms with van der Waals surface area (Å²) in [5.74, 6) is -1.20. The predicted octanol–water partition coefficient (Wildman–Crippen LogP) is 4.69. The lowest BCUT2D eigenvalue weighted by molar-refractivity contribution is 0.102. The molecule has 0 saturated heterocycles. The molecule has 2 N–H and O–H groups in total. The van der Waals surface area contributed by atoms with Gasteiger partial charge in [0.2, 0.25) is 6.79 Å². The van der Waals surface area contributed by atoms with Crippen LogP contribution in [0.25, 0.3) is 0 Å². The molecule has 0 atom stereocenters. The third-order valence-corrected chi connectivity index (χ3v) is 3.99. The highest BCUT2D eigenvalue weighted by Crippen LogP contribution is 2.35. The fraction of sp³-hybridized carbons (Fsp3) is 0.0500. The highest BCUT2D eigenvalue weighted by Gasteiger charge is 2.13. The van der Waals surface area contributed by atoms with Gasteiger partial charge in [0.05, 0.1) is 0 Å². The fourth-order valence-electron chi connectivity index (χ4n) is 2.62. The average Bonchev–Trinajstić information content (AvgIpc) is 3.13. The molecule has 27 heavy (non-hydrogen) atoms. The first-order valence-corrected chi connectivity index (χ1v) is 8.12. The van der Waals surface area contributed by atoms with E-state index in [1.54, 1.807) is 24.3 Å². The van der Waals surface area contributed by atoms with Crippen LogP contribution in [0.15, 0.2) is 60.7 Å². The minimum absolute atomic E-state index is 0.0384. The molecule has 3 aromatic carbocycles. The zero-order chi connectivity index (χ0) is 18.8. The van der Waals surface area contributed by atoms with Crippen molar-refractivity contribution in [3.05, 3.63) is 77.9 Å². The predicted molar refractivity (Wildman–Crippen MR) is 96.6 cm³/mol. The van der Waals surface area contributed by atoms with Crippen LogP contribution in [0.5, 0.6) is 11.5 Å². The molecule has 1 aliphatic heterocycles. The number of carbonyl (C=O) groups excluding carboxylic acids is 1. The summed E-state index contributed by atoms with van der Waals surface area (Å²) >= 11 is 0. The molecule has 3 aromatic rings. The van der Waals surface area contributed by atoms with E-state index in [9.17, 15) is 13.6 Å². The van der Waals surface area contributed by atoms with Gasteiger partial charge in [-0.15, -0.1) is 0 Å². The number of halogens is 2. The van der Waals surface area contributed by atoms with Crippen LogP contribution in [0, 0.1) is 11.6 Å². The van der Waals surface area contributed by atoms with Crippen molar-refractivity contribution in [2.45, 2.75) is 0 Å². The van der Waals surface area contributed by atoms with Crippen LogP contribution in [0.4, 0.5) is 25.8 Å². The van der Waals surface area contributed by atoms with Gasteiger partial charge < -0.3 is 20.1 Å². The second-order valence-corrected chi connectivity index (χ2v) is 5.85. The maximum absolute atomic E-state index is 13.2. The highest BCUT2D eigenvalue weighted by molar-refractivity contribution is 6.04. The molecule has 0 fully saturated rings. The van der Waals surface area contributed by atoms with E-state index in [0.29, 0.717) is 17.2 Å². The Bertz CT molecular complexity index is 1010. The Morgan fingerprint density at radius 1 is 0.778 bits per heavy atom. The van der Waals surface area contributed by atoms with Gasteiger partial charge in [-0.25, -0.2) is 8.78 Å². The molecule has 1 heterocycles. The van der Waals surface area contributed by atoms with E-state index >= 15 is 0 Å². The largest absolute Gasteiger partial charge is 0.454 e. The third-order valence-electron chi connectivity index (χ3n) is 3.99. The van der Waals surface area contributed by atoms with Crippen molar-refractivity contribution < 1.29 is 23.0 Å². The van der Waals surface area contributed by atoms with Crippen molar-refractivity contribution in [2.75, 3.05) is 17.4 Å². The van der Waals surface area contributed by atoms with Crippen molar-refractivity contribution >= 4 is 23.0 Å². The smallest absolute Gasteiger partial charge is 0.255 e. The van der Waals surface area contributed by atoms with Gasteiger partial charge in [0, 0.05) is 28.7 Å². The zero-order valence-electron chi connectivity index (χ0n) is 14.0. The number of carbonyl (C=O) groups is 1. The van der Waals surface area contributed by atoms with Crippen molar-refractivity contribution in [2.24, 2.45) is 0 Å². The average molecular weight is 368 g/mol. The van der Waals surface area contributed by atoms with E-state index in [1.165, 1.54) is 6.07 Å². The number of anilines is 3. The second-order valence-electron chi connectivity index (χ2n) is 5.85. The standard InChI is InChI=1S/C20H14F2N2O3/c21-16-7-1-12(9-17(16)22)20(25)24-14-4-2-13(3-5-14)23-15-6-8-18-19(10-15)27-11-26-18/h1-10,23H,11H2,(H,24,25). The van der Waals surface area contributed by atoms with Crippen LogP contribution in [-0.4, -0.2) is 12.7 Å². The fourth-order valence-corrected chi connectivity index (χ4v) is 2.62. The summed E-state index contributed by atoms with van der Waals surface area (Å²) in [6.07, 6.45) is 0. The molecule has 1 amide bonds. The lowest BCUT2D eigenvalue weighted by Gasteiger charge is -2.09. The van der Waals surface area contributed by atoms with E-state index in [1.807, 2.05) is 18.2 Å². The molecular weight excluding hydrogens is 354 g/mol. The van der Waals surface area contributed by atoms with Gasteiger partial charge in [-0.05, 0) is 54.6 Å². The van der Waals surface area contributed by atoms with Gasteiger partial charge in [0.25, 0.3) is 5.91 Å². The van der Waals surface area contributed by atoms with Crippen molar-refractivity contribution in [1.82, 2.24) is 0 Å². The number of nitrogens with one attached hydrogen (secondary N) is 2. The van der Waals surface area contributed by atoms with E-state index < -0.39 is 17.5 Å². The highest BCUT2D eigenvalue weighted by atomic mass is 19.2. The van der Waals surface area contributed by atoms with E-state index in [2.05, 4.69) is 10.6 Å². The van der Waals surface area contributed by atoms with Crippen LogP contribution in [-0.2, 0) is 0 Å². The lowest BCUT2D eigenvalue weighted by Crippen LogP contribution is -2.12. The van der Waals surface area contributed by atoms with Crippen LogP contribution in [0.3, 0.4) is 0 Å². The Balaban J connectivity index is 1.42. The maximum atomic E-state index is 13.2. The molecule has 0 aromatic heterocycles. The number of hydrogen-bond acceptors (Lipinski definition) is 4. The first-order valence-electron chi connectivity index (χ1n) is 8.12. The monoisotopic (exact) mass is 368 g/mol. The Hall–Kier alpha value is -3.61. The normalized spacial score (nSPS) is 11.9. The molecule has 0 radical (unpaired) electrons. The van der Waals surface area contributed by atoms with Crippen LogP contribution < -0.4 is 20.1 Å². The van der Waals surface area contributed by atoms with Gasteiger partial charge in [0.15, 0.2) is 23.1 Å². The first-order chi connectivity index (χ1) is 13.1. The summed E-state index contributed by atoms with van der Waals surface area (Å²) in [5, 5.41) is 5.86. The van der Waals surface area contributed by atoms with Crippen molar-refractivity contribution in [3.63, 3.8) is 0 Å². The van der Waals surface area contributed by atoms with Crippen LogP contribution >= 0.6 is 0 Å². The maximum Gasteiger partial charge on any atom is 0.255 e. The van der Waals surface area contributed by atoms with Gasteiger partial charge >= 0.3 is 0 Å². The van der Waals surface area contributed by atoms with Crippen molar-refractivity contribution in [1.29, 1.82) is 0 Å². The molecule has 0 unspecified atom stereocenters. The number of fused-ring (bicyclic) bond motifs is 1. The van der Waals surface area contributed by atoms with E-state index in [-0.39, 0.29) is 12.4 Å².